The third-order valence-corrected chi connectivity index (χ3v) is 4.38. The van der Waals surface area contributed by atoms with Gasteiger partial charge in [-0.05, 0) is 42.8 Å². The lowest BCUT2D eigenvalue weighted by molar-refractivity contribution is 0.102. The van der Waals surface area contributed by atoms with Crippen LogP contribution >= 0.6 is 11.6 Å². The zero-order valence-corrected chi connectivity index (χ0v) is 14.9. The highest BCUT2D eigenvalue weighted by Gasteiger charge is 2.17. The Morgan fingerprint density at radius 2 is 1.85 bits per heavy atom. The Labute approximate surface area is 156 Å². The van der Waals surface area contributed by atoms with Gasteiger partial charge in [-0.15, -0.1) is 0 Å². The minimum Gasteiger partial charge on any atom is -0.306 e. The van der Waals surface area contributed by atoms with Crippen LogP contribution in [0.2, 0.25) is 5.02 Å². The Kier molecular flexibility index (Phi) is 4.19. The van der Waals surface area contributed by atoms with Gasteiger partial charge in [0.1, 0.15) is 17.2 Å². The molecular formula is C21H16ClN3O. The summed E-state index contributed by atoms with van der Waals surface area (Å²) < 4.78 is 1.89. The Morgan fingerprint density at radius 1 is 1.04 bits per heavy atom. The summed E-state index contributed by atoms with van der Waals surface area (Å²) in [5, 5.41) is 3.52. The van der Waals surface area contributed by atoms with E-state index in [9.17, 15) is 4.79 Å². The molecule has 1 N–H and O–H groups in total. The number of hydrogen-bond acceptors (Lipinski definition) is 2. The highest BCUT2D eigenvalue weighted by atomic mass is 35.5. The van der Waals surface area contributed by atoms with Crippen LogP contribution in [-0.2, 0) is 0 Å². The molecule has 0 aliphatic rings. The summed E-state index contributed by atoms with van der Waals surface area (Å²) in [6, 6.07) is 20.7. The van der Waals surface area contributed by atoms with Crippen molar-refractivity contribution in [3.63, 3.8) is 0 Å². The monoisotopic (exact) mass is 361 g/mol. The van der Waals surface area contributed by atoms with E-state index in [2.05, 4.69) is 5.32 Å². The van der Waals surface area contributed by atoms with Gasteiger partial charge in [-0.25, -0.2) is 4.98 Å². The lowest BCUT2D eigenvalue weighted by Gasteiger charge is -2.08. The van der Waals surface area contributed by atoms with E-state index in [4.69, 9.17) is 16.6 Å². The smallest absolute Gasteiger partial charge is 0.256 e. The van der Waals surface area contributed by atoms with Crippen molar-refractivity contribution in [1.29, 1.82) is 0 Å². The molecular weight excluding hydrogens is 346 g/mol. The van der Waals surface area contributed by atoms with Crippen molar-refractivity contribution in [1.82, 2.24) is 9.38 Å². The van der Waals surface area contributed by atoms with Crippen LogP contribution in [0.4, 0.5) is 5.82 Å². The van der Waals surface area contributed by atoms with Crippen molar-refractivity contribution in [2.75, 3.05) is 5.32 Å². The average molecular weight is 362 g/mol. The van der Waals surface area contributed by atoms with Crippen LogP contribution in [0.5, 0.6) is 0 Å². The normalized spacial score (nSPS) is 10.8. The number of carbonyl (C=O) groups excluding carboxylic acids is 1. The fraction of sp³-hybridized carbons (Fsp3) is 0.0476. The van der Waals surface area contributed by atoms with Gasteiger partial charge in [-0.1, -0.05) is 48.0 Å². The third kappa shape index (κ3) is 3.07. The summed E-state index contributed by atoms with van der Waals surface area (Å²) in [5.74, 6) is 0.406. The second-order valence-corrected chi connectivity index (χ2v) is 6.51. The maximum atomic E-state index is 12.7. The van der Waals surface area contributed by atoms with Crippen LogP contribution in [0.15, 0.2) is 72.9 Å². The number of nitrogens with one attached hydrogen (secondary N) is 1. The highest BCUT2D eigenvalue weighted by Crippen LogP contribution is 2.29. The number of rotatable bonds is 3. The van der Waals surface area contributed by atoms with E-state index in [1.165, 1.54) is 0 Å². The molecule has 0 saturated heterocycles. The van der Waals surface area contributed by atoms with E-state index in [1.807, 2.05) is 60.0 Å². The van der Waals surface area contributed by atoms with Gasteiger partial charge in [0.25, 0.3) is 5.91 Å². The van der Waals surface area contributed by atoms with E-state index in [0.29, 0.717) is 16.4 Å². The molecule has 2 aromatic heterocycles. The Hall–Kier alpha value is -3.11. The maximum absolute atomic E-state index is 12.7. The maximum Gasteiger partial charge on any atom is 0.256 e. The molecule has 0 atom stereocenters. The van der Waals surface area contributed by atoms with Crippen LogP contribution in [0, 0.1) is 6.92 Å². The molecule has 5 heteroatoms. The number of amides is 1. The number of nitrogens with zero attached hydrogens (tertiary/aromatic N) is 2. The number of pyridine rings is 1. The summed E-state index contributed by atoms with van der Waals surface area (Å²) in [6.07, 6.45) is 1.91. The number of anilines is 1. The summed E-state index contributed by atoms with van der Waals surface area (Å²) >= 11 is 6.01. The van der Waals surface area contributed by atoms with E-state index in [-0.39, 0.29) is 5.91 Å². The van der Waals surface area contributed by atoms with Gasteiger partial charge in [-0.3, -0.25) is 9.20 Å². The number of halogens is 1. The summed E-state index contributed by atoms with van der Waals surface area (Å²) in [5.41, 5.74) is 4.06. The van der Waals surface area contributed by atoms with Crippen LogP contribution in [-0.4, -0.2) is 15.3 Å². The molecule has 0 radical (unpaired) electrons. The number of aromatic nitrogens is 2. The highest BCUT2D eigenvalue weighted by molar-refractivity contribution is 6.31. The van der Waals surface area contributed by atoms with Gasteiger partial charge < -0.3 is 5.32 Å². The SMILES string of the molecule is Cc1ccn2c(NC(=O)c3cccc(Cl)c3)c(-c3ccccc3)nc2c1. The van der Waals surface area contributed by atoms with Gasteiger partial charge in [0.15, 0.2) is 0 Å². The molecule has 4 aromatic rings. The summed E-state index contributed by atoms with van der Waals surface area (Å²) in [7, 11) is 0. The first-order valence-corrected chi connectivity index (χ1v) is 8.61. The lowest BCUT2D eigenvalue weighted by atomic mass is 10.1. The predicted molar refractivity (Wildman–Crippen MR) is 105 cm³/mol. The van der Waals surface area contributed by atoms with Gasteiger partial charge in [-0.2, -0.15) is 0 Å². The van der Waals surface area contributed by atoms with Crippen molar-refractivity contribution >= 4 is 29.0 Å². The van der Waals surface area contributed by atoms with E-state index >= 15 is 0 Å². The zero-order chi connectivity index (χ0) is 18.1. The van der Waals surface area contributed by atoms with Crippen LogP contribution in [0.3, 0.4) is 0 Å². The fourth-order valence-electron chi connectivity index (χ4n) is 2.87. The minimum atomic E-state index is -0.230. The van der Waals surface area contributed by atoms with Crippen LogP contribution in [0.1, 0.15) is 15.9 Å². The quantitative estimate of drug-likeness (QED) is 0.544. The topological polar surface area (TPSA) is 46.4 Å². The number of carbonyl (C=O) groups is 1. The summed E-state index contributed by atoms with van der Waals surface area (Å²) in [4.78, 5) is 17.5. The van der Waals surface area contributed by atoms with Gasteiger partial charge in [0.05, 0.1) is 0 Å². The lowest BCUT2D eigenvalue weighted by Crippen LogP contribution is -2.14. The zero-order valence-electron chi connectivity index (χ0n) is 14.1. The molecule has 4 nitrogen and oxygen atoms in total. The number of imidazole rings is 1. The van der Waals surface area contributed by atoms with Crippen LogP contribution < -0.4 is 5.32 Å². The van der Waals surface area contributed by atoms with Crippen molar-refractivity contribution in [3.8, 4) is 11.3 Å². The summed E-state index contributed by atoms with van der Waals surface area (Å²) in [6.45, 7) is 2.01. The standard InChI is InChI=1S/C21H16ClN3O/c1-14-10-11-25-18(12-14)23-19(15-6-3-2-4-7-15)20(25)24-21(26)16-8-5-9-17(22)13-16/h2-13H,1H3,(H,24,26). The second kappa shape index (κ2) is 6.65. The molecule has 128 valence electrons. The molecule has 0 aliphatic heterocycles. The molecule has 0 spiro atoms. The minimum absolute atomic E-state index is 0.230. The first-order valence-electron chi connectivity index (χ1n) is 8.23. The van der Waals surface area contributed by atoms with Crippen LogP contribution in [0.25, 0.3) is 16.9 Å². The van der Waals surface area contributed by atoms with E-state index in [0.717, 1.165) is 22.5 Å². The first kappa shape index (κ1) is 16.4. The van der Waals surface area contributed by atoms with Crippen molar-refractivity contribution < 1.29 is 4.79 Å². The molecule has 2 heterocycles. The first-order chi connectivity index (χ1) is 12.6. The van der Waals surface area contributed by atoms with Crippen molar-refractivity contribution in [2.24, 2.45) is 0 Å². The molecule has 0 fully saturated rings. The molecule has 0 bridgehead atoms. The molecule has 26 heavy (non-hydrogen) atoms. The molecule has 1 amide bonds. The molecule has 0 aliphatic carbocycles. The average Bonchev–Trinajstić information content (AvgIpc) is 3.00. The second-order valence-electron chi connectivity index (χ2n) is 6.07. The Morgan fingerprint density at radius 3 is 2.62 bits per heavy atom. The van der Waals surface area contributed by atoms with Gasteiger partial charge in [0.2, 0.25) is 0 Å². The molecule has 4 rings (SSSR count). The van der Waals surface area contributed by atoms with E-state index < -0.39 is 0 Å². The number of fused-ring (bicyclic) bond motifs is 1. The van der Waals surface area contributed by atoms with Crippen molar-refractivity contribution in [3.05, 3.63) is 89.1 Å². The Balaban J connectivity index is 1.83. The largest absolute Gasteiger partial charge is 0.306 e. The van der Waals surface area contributed by atoms with Crippen molar-refractivity contribution in [2.45, 2.75) is 6.92 Å². The van der Waals surface area contributed by atoms with E-state index in [1.54, 1.807) is 24.3 Å². The van der Waals surface area contributed by atoms with Gasteiger partial charge in [0, 0.05) is 22.3 Å². The molecule has 2 aromatic carbocycles. The number of benzene rings is 2. The number of aryl methyl sites for hydroxylation is 1. The Bertz CT molecular complexity index is 1100. The fourth-order valence-corrected chi connectivity index (χ4v) is 3.06. The number of hydrogen-bond donors (Lipinski definition) is 1. The van der Waals surface area contributed by atoms with Gasteiger partial charge >= 0.3 is 0 Å². The predicted octanol–water partition coefficient (Wildman–Crippen LogP) is 5.22. The molecule has 0 unspecified atom stereocenters. The molecule has 0 saturated carbocycles. The third-order valence-electron chi connectivity index (χ3n) is 4.15.